The Hall–Kier alpha value is -3.10. The highest BCUT2D eigenvalue weighted by molar-refractivity contribution is 6.33. The minimum atomic E-state index is -1.08. The van der Waals surface area contributed by atoms with Crippen molar-refractivity contribution in [1.29, 1.82) is 0 Å². The second-order valence-corrected chi connectivity index (χ2v) is 8.28. The molecule has 0 bridgehead atoms. The quantitative estimate of drug-likeness (QED) is 0.612. The zero-order valence-electron chi connectivity index (χ0n) is 18.1. The molecule has 0 aromatic heterocycles. The predicted octanol–water partition coefficient (Wildman–Crippen LogP) is 2.35. The van der Waals surface area contributed by atoms with Gasteiger partial charge in [-0.05, 0) is 37.1 Å². The largest absolute Gasteiger partial charge is 0.394 e. The number of aliphatic hydroxyl groups is 2. The second kappa shape index (κ2) is 8.44. The first-order valence-corrected chi connectivity index (χ1v) is 11.0. The normalized spacial score (nSPS) is 15.7. The van der Waals surface area contributed by atoms with Crippen molar-refractivity contribution in [2.75, 3.05) is 13.2 Å². The first kappa shape index (κ1) is 22.1. The zero-order valence-corrected chi connectivity index (χ0v) is 18.1. The standard InChI is InChI=1S/C24H26N2O6/c1-3-5-13(6-4-2)25-21(29)15-7-9-17-20-18(10-8-16(19(15)20)22(25)30)24(32)26(23(17)31)14(11-27)12-28/h7-10,13-14,27-28H,3-6,11-12H2,1-2H3. The number of carbonyl (C=O) groups is 4. The fourth-order valence-electron chi connectivity index (χ4n) is 4.87. The van der Waals surface area contributed by atoms with Crippen LogP contribution in [0.25, 0.3) is 10.8 Å². The summed E-state index contributed by atoms with van der Waals surface area (Å²) in [7, 11) is 0. The third kappa shape index (κ3) is 3.05. The number of hydrogen-bond acceptors (Lipinski definition) is 6. The van der Waals surface area contributed by atoms with Gasteiger partial charge in [0.1, 0.15) is 0 Å². The molecule has 0 atom stereocenters. The molecule has 0 radical (unpaired) electrons. The lowest BCUT2D eigenvalue weighted by molar-refractivity contribution is 0.0373. The Bertz CT molecular complexity index is 1060. The zero-order chi connectivity index (χ0) is 23.2. The van der Waals surface area contributed by atoms with Crippen molar-refractivity contribution in [3.63, 3.8) is 0 Å². The third-order valence-electron chi connectivity index (χ3n) is 6.35. The van der Waals surface area contributed by atoms with Crippen LogP contribution in [0.2, 0.25) is 0 Å². The smallest absolute Gasteiger partial charge is 0.261 e. The molecule has 4 amide bonds. The summed E-state index contributed by atoms with van der Waals surface area (Å²) in [4.78, 5) is 55.2. The van der Waals surface area contributed by atoms with E-state index in [1.54, 1.807) is 0 Å². The van der Waals surface area contributed by atoms with Crippen LogP contribution in [-0.4, -0.2) is 68.9 Å². The van der Waals surface area contributed by atoms with Crippen molar-refractivity contribution in [3.8, 4) is 0 Å². The van der Waals surface area contributed by atoms with E-state index in [0.29, 0.717) is 29.4 Å². The van der Waals surface area contributed by atoms with Gasteiger partial charge < -0.3 is 10.2 Å². The van der Waals surface area contributed by atoms with E-state index in [0.717, 1.165) is 17.7 Å². The lowest BCUT2D eigenvalue weighted by atomic mass is 9.85. The average molecular weight is 438 g/mol. The first-order valence-electron chi connectivity index (χ1n) is 11.0. The summed E-state index contributed by atoms with van der Waals surface area (Å²) in [6, 6.07) is 4.74. The second-order valence-electron chi connectivity index (χ2n) is 8.28. The first-order chi connectivity index (χ1) is 15.4. The van der Waals surface area contributed by atoms with E-state index in [1.165, 1.54) is 29.2 Å². The molecule has 168 valence electrons. The monoisotopic (exact) mass is 438 g/mol. The fraction of sp³-hybridized carbons (Fsp3) is 0.417. The number of nitrogens with zero attached hydrogens (tertiary/aromatic N) is 2. The lowest BCUT2D eigenvalue weighted by Crippen LogP contribution is -2.51. The van der Waals surface area contributed by atoms with Crippen molar-refractivity contribution in [3.05, 3.63) is 46.5 Å². The molecular weight excluding hydrogens is 412 g/mol. The molecule has 32 heavy (non-hydrogen) atoms. The van der Waals surface area contributed by atoms with Crippen molar-refractivity contribution in [2.24, 2.45) is 0 Å². The summed E-state index contributed by atoms with van der Waals surface area (Å²) < 4.78 is 0. The van der Waals surface area contributed by atoms with E-state index in [9.17, 15) is 29.4 Å². The highest BCUT2D eigenvalue weighted by Gasteiger charge is 2.42. The van der Waals surface area contributed by atoms with Gasteiger partial charge in [0.15, 0.2) is 0 Å². The Labute approximate surface area is 185 Å². The van der Waals surface area contributed by atoms with E-state index in [-0.39, 0.29) is 22.6 Å². The van der Waals surface area contributed by atoms with Gasteiger partial charge in [-0.25, -0.2) is 0 Å². The van der Waals surface area contributed by atoms with Gasteiger partial charge in [0.2, 0.25) is 0 Å². The molecule has 0 unspecified atom stereocenters. The fourth-order valence-corrected chi connectivity index (χ4v) is 4.87. The molecule has 4 rings (SSSR count). The van der Waals surface area contributed by atoms with Crippen LogP contribution in [-0.2, 0) is 0 Å². The van der Waals surface area contributed by atoms with Crippen molar-refractivity contribution in [1.82, 2.24) is 9.80 Å². The summed E-state index contributed by atoms with van der Waals surface area (Å²) in [6.45, 7) is 2.86. The molecule has 2 aliphatic rings. The van der Waals surface area contributed by atoms with Crippen molar-refractivity contribution in [2.45, 2.75) is 51.6 Å². The van der Waals surface area contributed by atoms with Gasteiger partial charge in [0.25, 0.3) is 23.6 Å². The molecule has 2 aromatic carbocycles. The molecule has 0 spiro atoms. The van der Waals surface area contributed by atoms with Gasteiger partial charge in [0.05, 0.1) is 19.3 Å². The number of benzene rings is 2. The molecule has 0 saturated carbocycles. The van der Waals surface area contributed by atoms with Crippen LogP contribution in [0.15, 0.2) is 24.3 Å². The molecule has 2 heterocycles. The predicted molar refractivity (Wildman–Crippen MR) is 117 cm³/mol. The summed E-state index contributed by atoms with van der Waals surface area (Å²) in [5.41, 5.74) is 0.930. The van der Waals surface area contributed by atoms with Gasteiger partial charge in [0, 0.05) is 39.1 Å². The Balaban J connectivity index is 1.91. The molecule has 0 aliphatic carbocycles. The van der Waals surface area contributed by atoms with Gasteiger partial charge in [-0.2, -0.15) is 0 Å². The van der Waals surface area contributed by atoms with Crippen LogP contribution in [0.3, 0.4) is 0 Å². The highest BCUT2D eigenvalue weighted by Crippen LogP contribution is 2.39. The lowest BCUT2D eigenvalue weighted by Gasteiger charge is -2.36. The summed E-state index contributed by atoms with van der Waals surface area (Å²) in [5.74, 6) is -2.17. The minimum absolute atomic E-state index is 0.166. The Morgan fingerprint density at radius 3 is 1.22 bits per heavy atom. The van der Waals surface area contributed by atoms with Crippen LogP contribution in [0.4, 0.5) is 0 Å². The van der Waals surface area contributed by atoms with Crippen LogP contribution < -0.4 is 0 Å². The molecule has 2 N–H and O–H groups in total. The van der Waals surface area contributed by atoms with Crippen LogP contribution in [0.5, 0.6) is 0 Å². The molecule has 2 aliphatic heterocycles. The van der Waals surface area contributed by atoms with Crippen molar-refractivity contribution >= 4 is 34.4 Å². The Morgan fingerprint density at radius 1 is 0.625 bits per heavy atom. The number of hydrogen-bond donors (Lipinski definition) is 2. The third-order valence-corrected chi connectivity index (χ3v) is 6.35. The van der Waals surface area contributed by atoms with E-state index in [2.05, 4.69) is 0 Å². The van der Waals surface area contributed by atoms with Gasteiger partial charge in [-0.3, -0.25) is 29.0 Å². The maximum Gasteiger partial charge on any atom is 0.261 e. The number of aliphatic hydroxyl groups excluding tert-OH is 2. The Kier molecular flexibility index (Phi) is 5.83. The van der Waals surface area contributed by atoms with Gasteiger partial charge >= 0.3 is 0 Å². The molecule has 8 nitrogen and oxygen atoms in total. The SMILES string of the molecule is CCCC(CCC)N1C(=O)c2ccc3c4c(ccc(c24)C1=O)C(=O)N(C(CO)CO)C3=O. The maximum atomic E-state index is 13.4. The van der Waals surface area contributed by atoms with Crippen LogP contribution in [0.1, 0.15) is 81.0 Å². The van der Waals surface area contributed by atoms with E-state index >= 15 is 0 Å². The molecular formula is C24H26N2O6. The van der Waals surface area contributed by atoms with Gasteiger partial charge in [-0.1, -0.05) is 26.7 Å². The van der Waals surface area contributed by atoms with Crippen LogP contribution >= 0.6 is 0 Å². The van der Waals surface area contributed by atoms with E-state index in [4.69, 9.17) is 0 Å². The Morgan fingerprint density at radius 2 is 0.938 bits per heavy atom. The highest BCUT2D eigenvalue weighted by atomic mass is 16.3. The van der Waals surface area contributed by atoms with E-state index in [1.807, 2.05) is 13.8 Å². The van der Waals surface area contributed by atoms with Gasteiger partial charge in [-0.15, -0.1) is 0 Å². The van der Waals surface area contributed by atoms with Crippen molar-refractivity contribution < 1.29 is 29.4 Å². The summed E-state index contributed by atoms with van der Waals surface area (Å²) in [6.07, 6.45) is 3.07. The number of rotatable bonds is 8. The number of amides is 4. The van der Waals surface area contributed by atoms with Crippen LogP contribution in [0, 0.1) is 0 Å². The molecule has 0 saturated heterocycles. The molecule has 2 aromatic rings. The molecule has 8 heteroatoms. The summed E-state index contributed by atoms with van der Waals surface area (Å²) >= 11 is 0. The average Bonchev–Trinajstić information content (AvgIpc) is 2.79. The summed E-state index contributed by atoms with van der Waals surface area (Å²) in [5, 5.41) is 19.7. The maximum absolute atomic E-state index is 13.4. The topological polar surface area (TPSA) is 115 Å². The molecule has 0 fully saturated rings. The minimum Gasteiger partial charge on any atom is -0.394 e. The number of imide groups is 2. The van der Waals surface area contributed by atoms with E-state index < -0.39 is 42.9 Å². The number of carbonyl (C=O) groups excluding carboxylic acids is 4.